The van der Waals surface area contributed by atoms with Crippen LogP contribution in [-0.2, 0) is 27.8 Å². The van der Waals surface area contributed by atoms with E-state index in [0.29, 0.717) is 6.42 Å². The van der Waals surface area contributed by atoms with Gasteiger partial charge >= 0.3 is 0 Å². The zero-order valence-electron chi connectivity index (χ0n) is 14.4. The number of carbonyl (C=O) groups is 1. The van der Waals surface area contributed by atoms with Crippen LogP contribution in [0.25, 0.3) is 0 Å². The van der Waals surface area contributed by atoms with E-state index < -0.39 is 16.1 Å². The number of hydrogen-bond donors (Lipinski definition) is 0. The highest BCUT2D eigenvalue weighted by atomic mass is 32.2. The zero-order chi connectivity index (χ0) is 18.0. The van der Waals surface area contributed by atoms with Gasteiger partial charge in [0.25, 0.3) is 0 Å². The van der Waals surface area contributed by atoms with Crippen molar-refractivity contribution in [2.75, 3.05) is 17.7 Å². The standard InChI is InChI=1S/C19H22N2O3S/c1-3-25(23,24)21-14-16-10-8-7-9-15(16)13-18(21)19(22)20(2)17-11-5-4-6-12-17/h4-12,18H,3,13-14H2,1-2H3/t18-/m0/s1. The Kier molecular flexibility index (Phi) is 4.92. The number of hydrogen-bond acceptors (Lipinski definition) is 3. The van der Waals surface area contributed by atoms with Crippen molar-refractivity contribution < 1.29 is 13.2 Å². The second-order valence-corrected chi connectivity index (χ2v) is 8.38. The summed E-state index contributed by atoms with van der Waals surface area (Å²) in [6, 6.07) is 16.3. The normalized spacial score (nSPS) is 17.8. The summed E-state index contributed by atoms with van der Waals surface area (Å²) < 4.78 is 26.5. The van der Waals surface area contributed by atoms with Crippen LogP contribution in [0.5, 0.6) is 0 Å². The molecule has 0 fully saturated rings. The smallest absolute Gasteiger partial charge is 0.245 e. The van der Waals surface area contributed by atoms with Crippen molar-refractivity contribution in [1.82, 2.24) is 4.31 Å². The third kappa shape index (κ3) is 3.45. The third-order valence-corrected chi connectivity index (χ3v) is 6.51. The Bertz CT molecular complexity index is 865. The first-order valence-corrected chi connectivity index (χ1v) is 9.94. The van der Waals surface area contributed by atoms with Gasteiger partial charge in [0.15, 0.2) is 0 Å². The van der Waals surface area contributed by atoms with Crippen molar-refractivity contribution in [3.05, 3.63) is 65.7 Å². The highest BCUT2D eigenvalue weighted by Crippen LogP contribution is 2.28. The molecule has 1 aliphatic heterocycles. The molecule has 0 bridgehead atoms. The van der Waals surface area contributed by atoms with Gasteiger partial charge in [-0.2, -0.15) is 4.31 Å². The second-order valence-electron chi connectivity index (χ2n) is 6.17. The molecule has 0 saturated heterocycles. The first-order valence-electron chi connectivity index (χ1n) is 8.33. The number of fused-ring (bicyclic) bond motifs is 1. The highest BCUT2D eigenvalue weighted by Gasteiger charge is 2.39. The largest absolute Gasteiger partial charge is 0.314 e. The molecule has 0 radical (unpaired) electrons. The molecular weight excluding hydrogens is 336 g/mol. The highest BCUT2D eigenvalue weighted by molar-refractivity contribution is 7.89. The Morgan fingerprint density at radius 1 is 1.08 bits per heavy atom. The lowest BCUT2D eigenvalue weighted by Crippen LogP contribution is -2.53. The van der Waals surface area contributed by atoms with E-state index in [-0.39, 0.29) is 18.2 Å². The molecule has 0 N–H and O–H groups in total. The predicted octanol–water partition coefficient (Wildman–Crippen LogP) is 2.43. The van der Waals surface area contributed by atoms with Crippen molar-refractivity contribution in [3.63, 3.8) is 0 Å². The minimum absolute atomic E-state index is 0.0198. The Balaban J connectivity index is 1.98. The Morgan fingerprint density at radius 3 is 2.32 bits per heavy atom. The van der Waals surface area contributed by atoms with Gasteiger partial charge in [0.1, 0.15) is 6.04 Å². The number of benzene rings is 2. The minimum atomic E-state index is -3.49. The molecule has 132 valence electrons. The van der Waals surface area contributed by atoms with Gasteiger partial charge in [-0.15, -0.1) is 0 Å². The fourth-order valence-corrected chi connectivity index (χ4v) is 4.39. The summed E-state index contributed by atoms with van der Waals surface area (Å²) in [6.07, 6.45) is 0.394. The van der Waals surface area contributed by atoms with Crippen molar-refractivity contribution in [2.24, 2.45) is 0 Å². The van der Waals surface area contributed by atoms with Gasteiger partial charge < -0.3 is 4.90 Å². The van der Waals surface area contributed by atoms with Gasteiger partial charge in [-0.25, -0.2) is 8.42 Å². The van der Waals surface area contributed by atoms with E-state index in [4.69, 9.17) is 0 Å². The average Bonchev–Trinajstić information content (AvgIpc) is 2.66. The fourth-order valence-electron chi connectivity index (χ4n) is 3.17. The lowest BCUT2D eigenvalue weighted by molar-refractivity contribution is -0.122. The molecule has 0 aliphatic carbocycles. The van der Waals surface area contributed by atoms with Crippen LogP contribution in [0, 0.1) is 0 Å². The van der Waals surface area contributed by atoms with Gasteiger partial charge in [-0.3, -0.25) is 4.79 Å². The Hall–Kier alpha value is -2.18. The molecule has 1 amide bonds. The van der Waals surface area contributed by atoms with E-state index in [2.05, 4.69) is 0 Å². The molecule has 0 aromatic heterocycles. The molecule has 0 saturated carbocycles. The van der Waals surface area contributed by atoms with E-state index in [1.165, 1.54) is 9.21 Å². The van der Waals surface area contributed by atoms with E-state index >= 15 is 0 Å². The quantitative estimate of drug-likeness (QED) is 0.843. The fraction of sp³-hybridized carbons (Fsp3) is 0.316. The maximum atomic E-state index is 13.1. The molecule has 1 aliphatic rings. The van der Waals surface area contributed by atoms with Crippen LogP contribution in [0.4, 0.5) is 5.69 Å². The van der Waals surface area contributed by atoms with E-state index in [1.807, 2.05) is 54.6 Å². The van der Waals surface area contributed by atoms with Crippen molar-refractivity contribution in [1.29, 1.82) is 0 Å². The maximum Gasteiger partial charge on any atom is 0.245 e. The first kappa shape index (κ1) is 17.6. The number of anilines is 1. The SMILES string of the molecule is CCS(=O)(=O)N1Cc2ccccc2C[C@H]1C(=O)N(C)c1ccccc1. The number of rotatable bonds is 4. The molecule has 0 spiro atoms. The molecule has 6 heteroatoms. The van der Waals surface area contributed by atoms with Crippen LogP contribution < -0.4 is 4.90 Å². The van der Waals surface area contributed by atoms with Crippen LogP contribution in [-0.4, -0.2) is 37.5 Å². The minimum Gasteiger partial charge on any atom is -0.314 e. The van der Waals surface area contributed by atoms with Gasteiger partial charge in [0.2, 0.25) is 15.9 Å². The summed E-state index contributed by atoms with van der Waals surface area (Å²) in [5.41, 5.74) is 2.75. The van der Waals surface area contributed by atoms with E-state index in [0.717, 1.165) is 16.8 Å². The van der Waals surface area contributed by atoms with Crippen LogP contribution in [0.1, 0.15) is 18.1 Å². The number of carbonyl (C=O) groups excluding carboxylic acids is 1. The summed E-state index contributed by atoms with van der Waals surface area (Å²) in [5, 5.41) is 0. The second kappa shape index (κ2) is 6.98. The van der Waals surface area contributed by atoms with Crippen LogP contribution in [0.2, 0.25) is 0 Å². The van der Waals surface area contributed by atoms with Gasteiger partial charge in [0.05, 0.1) is 5.75 Å². The third-order valence-electron chi connectivity index (χ3n) is 4.69. The predicted molar refractivity (Wildman–Crippen MR) is 98.8 cm³/mol. The Labute approximate surface area is 148 Å². The molecule has 1 atom stereocenters. The first-order chi connectivity index (χ1) is 11.9. The monoisotopic (exact) mass is 358 g/mol. The molecule has 2 aromatic carbocycles. The van der Waals surface area contributed by atoms with Crippen molar-refractivity contribution >= 4 is 21.6 Å². The average molecular weight is 358 g/mol. The van der Waals surface area contributed by atoms with Gasteiger partial charge in [0, 0.05) is 19.3 Å². The number of para-hydroxylation sites is 1. The molecule has 0 unspecified atom stereocenters. The number of sulfonamides is 1. The van der Waals surface area contributed by atoms with Gasteiger partial charge in [-0.05, 0) is 36.6 Å². The van der Waals surface area contributed by atoms with Crippen LogP contribution in [0.3, 0.4) is 0 Å². The number of likely N-dealkylation sites (N-methyl/N-ethyl adjacent to an activating group) is 1. The van der Waals surface area contributed by atoms with E-state index in [9.17, 15) is 13.2 Å². The summed E-state index contributed by atoms with van der Waals surface area (Å²) in [5.74, 6) is -0.230. The summed E-state index contributed by atoms with van der Waals surface area (Å²) >= 11 is 0. The van der Waals surface area contributed by atoms with Crippen LogP contribution in [0.15, 0.2) is 54.6 Å². The molecule has 5 nitrogen and oxygen atoms in total. The number of amides is 1. The van der Waals surface area contributed by atoms with Gasteiger partial charge in [-0.1, -0.05) is 42.5 Å². The summed E-state index contributed by atoms with van der Waals surface area (Å²) in [6.45, 7) is 1.85. The summed E-state index contributed by atoms with van der Waals surface area (Å²) in [4.78, 5) is 14.6. The topological polar surface area (TPSA) is 57.7 Å². The van der Waals surface area contributed by atoms with Crippen LogP contribution >= 0.6 is 0 Å². The van der Waals surface area contributed by atoms with Crippen molar-refractivity contribution in [3.8, 4) is 0 Å². The summed E-state index contributed by atoms with van der Waals surface area (Å²) in [7, 11) is -1.80. The lowest BCUT2D eigenvalue weighted by Gasteiger charge is -2.36. The molecule has 25 heavy (non-hydrogen) atoms. The number of nitrogens with zero attached hydrogens (tertiary/aromatic N) is 2. The Morgan fingerprint density at radius 2 is 1.68 bits per heavy atom. The maximum absolute atomic E-state index is 13.1. The molecule has 2 aromatic rings. The van der Waals surface area contributed by atoms with Crippen molar-refractivity contribution in [2.45, 2.75) is 25.9 Å². The lowest BCUT2D eigenvalue weighted by atomic mass is 9.95. The molecular formula is C19H22N2O3S. The molecule has 3 rings (SSSR count). The van der Waals surface area contributed by atoms with E-state index in [1.54, 1.807) is 14.0 Å². The molecule has 1 heterocycles. The zero-order valence-corrected chi connectivity index (χ0v) is 15.2.